The van der Waals surface area contributed by atoms with E-state index < -0.39 is 17.5 Å². The van der Waals surface area contributed by atoms with Gasteiger partial charge in [0, 0.05) is 11.4 Å². The number of amides is 1. The molecular weight excluding hydrogens is 358 g/mol. The van der Waals surface area contributed by atoms with Gasteiger partial charge < -0.3 is 14.2 Å². The third-order valence-corrected chi connectivity index (χ3v) is 4.01. The zero-order valence-electron chi connectivity index (χ0n) is 17.2. The number of benzene rings is 2. The maximum Gasteiger partial charge on any atom is 0.318 e. The van der Waals surface area contributed by atoms with Gasteiger partial charge in [0.15, 0.2) is 0 Å². The van der Waals surface area contributed by atoms with E-state index in [9.17, 15) is 9.59 Å². The molecule has 0 aromatic heterocycles. The lowest BCUT2D eigenvalue weighted by Crippen LogP contribution is -2.38. The Balaban J connectivity index is 2.41. The van der Waals surface area contributed by atoms with E-state index in [1.54, 1.807) is 90.4 Å². The molecule has 0 fully saturated rings. The summed E-state index contributed by atoms with van der Waals surface area (Å²) < 4.78 is 15.8. The van der Waals surface area contributed by atoms with E-state index in [0.29, 0.717) is 22.9 Å². The SMILES string of the molecule is COc1ccc(N(C(=O)[C@H](C)C(=O)OC(C)(C)C)c2ccc(OC)cc2)cc1. The Morgan fingerprint density at radius 1 is 0.821 bits per heavy atom. The van der Waals surface area contributed by atoms with Crippen LogP contribution in [0.15, 0.2) is 48.5 Å². The lowest BCUT2D eigenvalue weighted by atomic mass is 10.1. The third kappa shape index (κ3) is 5.25. The van der Waals surface area contributed by atoms with Crippen LogP contribution in [0.1, 0.15) is 27.7 Å². The Labute approximate surface area is 166 Å². The number of ether oxygens (including phenoxy) is 3. The summed E-state index contributed by atoms with van der Waals surface area (Å²) in [4.78, 5) is 27.2. The van der Waals surface area contributed by atoms with Crippen LogP contribution in [0.2, 0.25) is 0 Å². The van der Waals surface area contributed by atoms with Gasteiger partial charge in [0.05, 0.1) is 14.2 Å². The summed E-state index contributed by atoms with van der Waals surface area (Å²) >= 11 is 0. The molecule has 0 aliphatic rings. The van der Waals surface area contributed by atoms with E-state index in [1.807, 2.05) is 0 Å². The van der Waals surface area contributed by atoms with Crippen LogP contribution in [0.25, 0.3) is 0 Å². The minimum absolute atomic E-state index is 0.385. The molecule has 0 bridgehead atoms. The first-order chi connectivity index (χ1) is 13.2. The zero-order valence-corrected chi connectivity index (χ0v) is 17.2. The molecule has 28 heavy (non-hydrogen) atoms. The van der Waals surface area contributed by atoms with E-state index in [4.69, 9.17) is 14.2 Å². The topological polar surface area (TPSA) is 65.1 Å². The van der Waals surface area contributed by atoms with Crippen LogP contribution in [0.4, 0.5) is 11.4 Å². The molecule has 0 aliphatic carbocycles. The Morgan fingerprint density at radius 2 is 1.21 bits per heavy atom. The van der Waals surface area contributed by atoms with E-state index >= 15 is 0 Å². The second kappa shape index (κ2) is 8.78. The van der Waals surface area contributed by atoms with Gasteiger partial charge in [-0.05, 0) is 76.2 Å². The summed E-state index contributed by atoms with van der Waals surface area (Å²) in [6, 6.07) is 14.1. The van der Waals surface area contributed by atoms with Crippen molar-refractivity contribution in [1.29, 1.82) is 0 Å². The predicted molar refractivity (Wildman–Crippen MR) is 108 cm³/mol. The minimum atomic E-state index is -0.969. The standard InChI is InChI=1S/C22H27NO5/c1-15(21(25)28-22(2,3)4)20(24)23(16-7-11-18(26-5)12-8-16)17-9-13-19(27-6)14-10-17/h7-15H,1-6H3/t15-/m0/s1. The maximum atomic E-state index is 13.2. The minimum Gasteiger partial charge on any atom is -0.497 e. The molecule has 1 amide bonds. The molecule has 0 saturated carbocycles. The fourth-order valence-corrected chi connectivity index (χ4v) is 2.55. The highest BCUT2D eigenvalue weighted by molar-refractivity contribution is 6.10. The molecule has 0 aliphatic heterocycles. The summed E-state index contributed by atoms with van der Waals surface area (Å²) in [6.07, 6.45) is 0. The monoisotopic (exact) mass is 385 g/mol. The van der Waals surface area contributed by atoms with Crippen molar-refractivity contribution in [2.75, 3.05) is 19.1 Å². The van der Waals surface area contributed by atoms with E-state index in [2.05, 4.69) is 0 Å². The van der Waals surface area contributed by atoms with E-state index in [-0.39, 0.29) is 5.91 Å². The van der Waals surface area contributed by atoms with Gasteiger partial charge in [0.2, 0.25) is 5.91 Å². The molecule has 0 N–H and O–H groups in total. The van der Waals surface area contributed by atoms with Crippen molar-refractivity contribution in [2.45, 2.75) is 33.3 Å². The normalized spacial score (nSPS) is 12.1. The molecule has 2 rings (SSSR count). The average Bonchev–Trinajstić information content (AvgIpc) is 2.67. The fraction of sp³-hybridized carbons (Fsp3) is 0.364. The second-order valence-electron chi connectivity index (χ2n) is 7.32. The Bertz CT molecular complexity index is 759. The molecule has 1 atom stereocenters. The number of rotatable bonds is 6. The van der Waals surface area contributed by atoms with Crippen molar-refractivity contribution < 1.29 is 23.8 Å². The highest BCUT2D eigenvalue weighted by Gasteiger charge is 2.32. The summed E-state index contributed by atoms with van der Waals surface area (Å²) in [5.41, 5.74) is 0.564. The van der Waals surface area contributed by atoms with Crippen LogP contribution in [-0.2, 0) is 14.3 Å². The number of methoxy groups -OCH3 is 2. The second-order valence-corrected chi connectivity index (χ2v) is 7.32. The molecule has 6 heteroatoms. The molecule has 0 unspecified atom stereocenters. The third-order valence-electron chi connectivity index (χ3n) is 4.01. The Morgan fingerprint density at radius 3 is 1.54 bits per heavy atom. The van der Waals surface area contributed by atoms with E-state index in [1.165, 1.54) is 4.90 Å². The molecule has 0 saturated heterocycles. The maximum absolute atomic E-state index is 13.2. The molecule has 0 heterocycles. The van der Waals surface area contributed by atoms with Crippen LogP contribution in [0, 0.1) is 5.92 Å². The average molecular weight is 385 g/mol. The van der Waals surface area contributed by atoms with Gasteiger partial charge in [-0.1, -0.05) is 0 Å². The predicted octanol–water partition coefficient (Wildman–Crippen LogP) is 4.35. The zero-order chi connectivity index (χ0) is 20.9. The van der Waals surface area contributed by atoms with Gasteiger partial charge in [-0.2, -0.15) is 0 Å². The number of esters is 1. The Kier molecular flexibility index (Phi) is 6.67. The fourth-order valence-electron chi connectivity index (χ4n) is 2.55. The molecular formula is C22H27NO5. The number of nitrogens with zero attached hydrogens (tertiary/aromatic N) is 1. The number of carbonyl (C=O) groups excluding carboxylic acids is 2. The lowest BCUT2D eigenvalue weighted by molar-refractivity contribution is -0.161. The summed E-state index contributed by atoms with van der Waals surface area (Å²) in [5, 5.41) is 0. The summed E-state index contributed by atoms with van der Waals surface area (Å²) in [6.45, 7) is 6.86. The van der Waals surface area contributed by atoms with Gasteiger partial charge in [0.25, 0.3) is 0 Å². The quantitative estimate of drug-likeness (QED) is 0.546. The van der Waals surface area contributed by atoms with Crippen molar-refractivity contribution in [3.8, 4) is 11.5 Å². The van der Waals surface area contributed by atoms with E-state index in [0.717, 1.165) is 0 Å². The highest BCUT2D eigenvalue weighted by atomic mass is 16.6. The van der Waals surface area contributed by atoms with Crippen LogP contribution < -0.4 is 14.4 Å². The molecule has 2 aromatic carbocycles. The van der Waals surface area contributed by atoms with Crippen LogP contribution in [0.5, 0.6) is 11.5 Å². The largest absolute Gasteiger partial charge is 0.497 e. The Hall–Kier alpha value is -3.02. The van der Waals surface area contributed by atoms with Gasteiger partial charge in [0.1, 0.15) is 23.0 Å². The van der Waals surface area contributed by atoms with Gasteiger partial charge >= 0.3 is 5.97 Å². The van der Waals surface area contributed by atoms with Gasteiger partial charge in [-0.25, -0.2) is 0 Å². The van der Waals surface area contributed by atoms with Crippen molar-refractivity contribution in [2.24, 2.45) is 5.92 Å². The number of hydrogen-bond acceptors (Lipinski definition) is 5. The van der Waals surface area contributed by atoms with Crippen LogP contribution in [0.3, 0.4) is 0 Å². The van der Waals surface area contributed by atoms with Gasteiger partial charge in [-0.15, -0.1) is 0 Å². The number of carbonyl (C=O) groups is 2. The molecule has 0 spiro atoms. The van der Waals surface area contributed by atoms with Crippen LogP contribution >= 0.6 is 0 Å². The molecule has 150 valence electrons. The number of anilines is 2. The van der Waals surface area contributed by atoms with Crippen molar-refractivity contribution >= 4 is 23.3 Å². The van der Waals surface area contributed by atoms with Crippen molar-refractivity contribution in [3.05, 3.63) is 48.5 Å². The summed E-state index contributed by atoms with van der Waals surface area (Å²) in [5.74, 6) is -0.574. The lowest BCUT2D eigenvalue weighted by Gasteiger charge is -2.27. The first-order valence-electron chi connectivity index (χ1n) is 9.01. The van der Waals surface area contributed by atoms with Crippen molar-refractivity contribution in [3.63, 3.8) is 0 Å². The smallest absolute Gasteiger partial charge is 0.318 e. The highest BCUT2D eigenvalue weighted by Crippen LogP contribution is 2.31. The molecule has 0 radical (unpaired) electrons. The van der Waals surface area contributed by atoms with Gasteiger partial charge in [-0.3, -0.25) is 14.5 Å². The molecule has 6 nitrogen and oxygen atoms in total. The summed E-state index contributed by atoms with van der Waals surface area (Å²) in [7, 11) is 3.15. The molecule has 2 aromatic rings. The number of hydrogen-bond donors (Lipinski definition) is 0. The first-order valence-corrected chi connectivity index (χ1v) is 9.01. The van der Waals surface area contributed by atoms with Crippen molar-refractivity contribution in [1.82, 2.24) is 0 Å². The van der Waals surface area contributed by atoms with Crippen LogP contribution in [-0.4, -0.2) is 31.7 Å². The first kappa shape index (κ1) is 21.3.